The van der Waals surface area contributed by atoms with Gasteiger partial charge >= 0.3 is 5.97 Å². The van der Waals surface area contributed by atoms with Gasteiger partial charge in [0.2, 0.25) is 5.91 Å². The summed E-state index contributed by atoms with van der Waals surface area (Å²) in [6.07, 6.45) is 2.08. The van der Waals surface area contributed by atoms with Crippen molar-refractivity contribution in [3.05, 3.63) is 23.2 Å². The lowest BCUT2D eigenvalue weighted by atomic mass is 10.2. The molecule has 1 aliphatic rings. The molecule has 21 heavy (non-hydrogen) atoms. The molecule has 2 heterocycles. The SMILES string of the molecule is Cc1oc(CNC(=O)COC[C@H]2CCCO2)cc1C(=O)O. The minimum absolute atomic E-state index is 0.0503. The van der Waals surface area contributed by atoms with Crippen molar-refractivity contribution in [1.82, 2.24) is 5.32 Å². The van der Waals surface area contributed by atoms with Crippen LogP contribution in [0.3, 0.4) is 0 Å². The van der Waals surface area contributed by atoms with Gasteiger partial charge in [-0.05, 0) is 25.8 Å². The molecule has 116 valence electrons. The number of hydrogen-bond acceptors (Lipinski definition) is 5. The van der Waals surface area contributed by atoms with Gasteiger partial charge in [0.15, 0.2) is 0 Å². The molecule has 0 aromatic carbocycles. The van der Waals surface area contributed by atoms with Crippen LogP contribution in [0.5, 0.6) is 0 Å². The fraction of sp³-hybridized carbons (Fsp3) is 0.571. The summed E-state index contributed by atoms with van der Waals surface area (Å²) in [5.41, 5.74) is 0.105. The number of rotatable bonds is 7. The lowest BCUT2D eigenvalue weighted by Crippen LogP contribution is -2.28. The molecule has 0 unspecified atom stereocenters. The maximum absolute atomic E-state index is 11.6. The van der Waals surface area contributed by atoms with Gasteiger partial charge in [-0.15, -0.1) is 0 Å². The molecule has 0 spiro atoms. The Bertz CT molecular complexity index is 504. The molecule has 0 saturated carbocycles. The number of amides is 1. The second-order valence-corrected chi connectivity index (χ2v) is 4.91. The normalized spacial score (nSPS) is 17.9. The first-order chi connectivity index (χ1) is 10.1. The predicted molar refractivity (Wildman–Crippen MR) is 72.0 cm³/mol. The first-order valence-electron chi connectivity index (χ1n) is 6.85. The zero-order valence-corrected chi connectivity index (χ0v) is 11.9. The number of aromatic carboxylic acids is 1. The van der Waals surface area contributed by atoms with Crippen LogP contribution >= 0.6 is 0 Å². The van der Waals surface area contributed by atoms with Gasteiger partial charge < -0.3 is 24.3 Å². The van der Waals surface area contributed by atoms with Crippen molar-refractivity contribution in [2.75, 3.05) is 19.8 Å². The number of hydrogen-bond donors (Lipinski definition) is 2. The molecule has 0 bridgehead atoms. The number of carbonyl (C=O) groups excluding carboxylic acids is 1. The van der Waals surface area contributed by atoms with Gasteiger partial charge in [0.1, 0.15) is 23.7 Å². The van der Waals surface area contributed by atoms with Crippen molar-refractivity contribution >= 4 is 11.9 Å². The fourth-order valence-electron chi connectivity index (χ4n) is 2.14. The summed E-state index contributed by atoms with van der Waals surface area (Å²) in [5, 5.41) is 11.5. The molecule has 1 amide bonds. The van der Waals surface area contributed by atoms with E-state index < -0.39 is 5.97 Å². The van der Waals surface area contributed by atoms with Gasteiger partial charge in [-0.1, -0.05) is 0 Å². The predicted octanol–water partition coefficient (Wildman–Crippen LogP) is 1.10. The van der Waals surface area contributed by atoms with Crippen LogP contribution in [-0.4, -0.2) is 42.9 Å². The van der Waals surface area contributed by atoms with Crippen molar-refractivity contribution in [1.29, 1.82) is 0 Å². The Morgan fingerprint density at radius 1 is 1.52 bits per heavy atom. The minimum Gasteiger partial charge on any atom is -0.478 e. The number of aryl methyl sites for hydroxylation is 1. The molecule has 7 nitrogen and oxygen atoms in total. The average molecular weight is 297 g/mol. The Kier molecular flexibility index (Phi) is 5.35. The summed E-state index contributed by atoms with van der Waals surface area (Å²) >= 11 is 0. The zero-order valence-electron chi connectivity index (χ0n) is 11.9. The molecule has 1 aliphatic heterocycles. The van der Waals surface area contributed by atoms with Crippen LogP contribution in [0.4, 0.5) is 0 Å². The third-order valence-corrected chi connectivity index (χ3v) is 3.22. The molecule has 2 N–H and O–H groups in total. The number of furan rings is 1. The summed E-state index contributed by atoms with van der Waals surface area (Å²) in [6.45, 7) is 2.82. The summed E-state index contributed by atoms with van der Waals surface area (Å²) in [5.74, 6) is -0.605. The van der Waals surface area contributed by atoms with Crippen molar-refractivity contribution in [3.8, 4) is 0 Å². The van der Waals surface area contributed by atoms with E-state index >= 15 is 0 Å². The smallest absolute Gasteiger partial charge is 0.339 e. The van der Waals surface area contributed by atoms with Crippen LogP contribution in [0.2, 0.25) is 0 Å². The molecule has 7 heteroatoms. The van der Waals surface area contributed by atoms with Gasteiger partial charge in [0.05, 0.1) is 19.3 Å². The van der Waals surface area contributed by atoms with Crippen molar-refractivity contribution in [3.63, 3.8) is 0 Å². The molecule has 2 rings (SSSR count). The van der Waals surface area contributed by atoms with Gasteiger partial charge in [-0.3, -0.25) is 4.79 Å². The monoisotopic (exact) mass is 297 g/mol. The maximum Gasteiger partial charge on any atom is 0.339 e. The number of carboxylic acids is 1. The quantitative estimate of drug-likeness (QED) is 0.782. The average Bonchev–Trinajstić information content (AvgIpc) is 3.06. The minimum atomic E-state index is -1.05. The molecule has 1 aromatic rings. The van der Waals surface area contributed by atoms with Gasteiger partial charge in [0.25, 0.3) is 0 Å². The molecule has 1 atom stereocenters. The Labute approximate surface area is 122 Å². The number of ether oxygens (including phenoxy) is 2. The molecule has 0 radical (unpaired) electrons. The first kappa shape index (κ1) is 15.5. The lowest BCUT2D eigenvalue weighted by Gasteiger charge is -2.09. The van der Waals surface area contributed by atoms with E-state index in [1.54, 1.807) is 6.92 Å². The molecular formula is C14H19NO6. The van der Waals surface area contributed by atoms with Crippen molar-refractivity contribution < 1.29 is 28.6 Å². The second kappa shape index (κ2) is 7.24. The Morgan fingerprint density at radius 3 is 2.95 bits per heavy atom. The largest absolute Gasteiger partial charge is 0.478 e. The van der Waals surface area contributed by atoms with Crippen molar-refractivity contribution in [2.24, 2.45) is 0 Å². The Hall–Kier alpha value is -1.86. The topological polar surface area (TPSA) is 98.0 Å². The van der Waals surface area contributed by atoms with E-state index in [0.717, 1.165) is 19.4 Å². The third-order valence-electron chi connectivity index (χ3n) is 3.22. The molecular weight excluding hydrogens is 278 g/mol. The standard InChI is InChI=1S/C14H19NO6/c1-9-12(14(17)18)5-11(21-9)6-15-13(16)8-19-7-10-3-2-4-20-10/h5,10H,2-4,6-8H2,1H3,(H,15,16)(H,17,18)/t10-/m1/s1. The van der Waals surface area contributed by atoms with Crippen LogP contribution in [0.1, 0.15) is 34.7 Å². The summed E-state index contributed by atoms with van der Waals surface area (Å²) in [4.78, 5) is 22.4. The summed E-state index contributed by atoms with van der Waals surface area (Å²) in [7, 11) is 0. The van der Waals surface area contributed by atoms with E-state index in [1.165, 1.54) is 6.07 Å². The van der Waals surface area contributed by atoms with Gasteiger partial charge in [0, 0.05) is 6.61 Å². The van der Waals surface area contributed by atoms with E-state index in [2.05, 4.69) is 5.32 Å². The summed E-state index contributed by atoms with van der Waals surface area (Å²) in [6, 6.07) is 1.41. The highest BCUT2D eigenvalue weighted by molar-refractivity contribution is 5.88. The van der Waals surface area contributed by atoms with E-state index in [-0.39, 0.29) is 30.7 Å². The van der Waals surface area contributed by atoms with Crippen LogP contribution in [0.15, 0.2) is 10.5 Å². The van der Waals surface area contributed by atoms with Gasteiger partial charge in [-0.25, -0.2) is 4.79 Å². The zero-order chi connectivity index (χ0) is 15.2. The Morgan fingerprint density at radius 2 is 2.33 bits per heavy atom. The highest BCUT2D eigenvalue weighted by atomic mass is 16.5. The van der Waals surface area contributed by atoms with Crippen LogP contribution in [0, 0.1) is 6.92 Å². The number of carbonyl (C=O) groups is 2. The number of carboxylic acid groups (broad SMARTS) is 1. The van der Waals surface area contributed by atoms with Crippen LogP contribution in [-0.2, 0) is 20.8 Å². The fourth-order valence-corrected chi connectivity index (χ4v) is 2.14. The highest BCUT2D eigenvalue weighted by Crippen LogP contribution is 2.14. The Balaban J connectivity index is 1.68. The lowest BCUT2D eigenvalue weighted by molar-refractivity contribution is -0.127. The molecule has 1 aromatic heterocycles. The highest BCUT2D eigenvalue weighted by Gasteiger charge is 2.16. The van der Waals surface area contributed by atoms with Crippen LogP contribution < -0.4 is 5.32 Å². The molecule has 1 saturated heterocycles. The summed E-state index contributed by atoms with van der Waals surface area (Å²) < 4.78 is 15.9. The molecule has 0 aliphatic carbocycles. The van der Waals surface area contributed by atoms with Crippen molar-refractivity contribution in [2.45, 2.75) is 32.4 Å². The van der Waals surface area contributed by atoms with Crippen LogP contribution in [0.25, 0.3) is 0 Å². The van der Waals surface area contributed by atoms with E-state index in [0.29, 0.717) is 18.1 Å². The van der Waals surface area contributed by atoms with E-state index in [1.807, 2.05) is 0 Å². The third kappa shape index (κ3) is 4.57. The van der Waals surface area contributed by atoms with Gasteiger partial charge in [-0.2, -0.15) is 0 Å². The van der Waals surface area contributed by atoms with E-state index in [4.69, 9.17) is 19.0 Å². The second-order valence-electron chi connectivity index (χ2n) is 4.91. The molecule has 1 fully saturated rings. The first-order valence-corrected chi connectivity index (χ1v) is 6.85. The maximum atomic E-state index is 11.6. The number of nitrogens with one attached hydrogen (secondary N) is 1. The van der Waals surface area contributed by atoms with E-state index in [9.17, 15) is 9.59 Å².